The molecular weight excluding hydrogens is 344 g/mol. The molecule has 0 bridgehead atoms. The Kier molecular flexibility index (Phi) is 17.6. The summed E-state index contributed by atoms with van der Waals surface area (Å²) in [7, 11) is 3.26. The topological polar surface area (TPSA) is 46.2 Å². The summed E-state index contributed by atoms with van der Waals surface area (Å²) >= 11 is 0. The third-order valence-corrected chi connectivity index (χ3v) is 2.77. The molecule has 148 valence electrons. The van der Waals surface area contributed by atoms with Gasteiger partial charge in [0.25, 0.3) is 0 Å². The van der Waals surface area contributed by atoms with Crippen LogP contribution in [0.1, 0.15) is 0 Å². The number of benzene rings is 2. The van der Waals surface area contributed by atoms with Crippen molar-refractivity contribution in [3.63, 3.8) is 0 Å². The highest BCUT2D eigenvalue weighted by molar-refractivity contribution is 5.30. The van der Waals surface area contributed by atoms with Gasteiger partial charge in [0.15, 0.2) is 0 Å². The van der Waals surface area contributed by atoms with Gasteiger partial charge in [0.2, 0.25) is 0 Å². The summed E-state index contributed by atoms with van der Waals surface area (Å²) in [4.78, 5) is 0. The molecule has 2 aromatic rings. The van der Waals surface area contributed by atoms with Crippen molar-refractivity contribution >= 4 is 0 Å². The summed E-state index contributed by atoms with van der Waals surface area (Å²) in [6, 6.07) is 19.5. The van der Waals surface area contributed by atoms with Crippen molar-refractivity contribution < 1.29 is 23.7 Å². The van der Waals surface area contributed by atoms with Crippen LogP contribution in [0.15, 0.2) is 86.3 Å². The van der Waals surface area contributed by atoms with Crippen LogP contribution in [0, 0.1) is 0 Å². The lowest BCUT2D eigenvalue weighted by Crippen LogP contribution is -1.95. The first kappa shape index (κ1) is 24.2. The van der Waals surface area contributed by atoms with Crippen LogP contribution in [0.4, 0.5) is 0 Å². The minimum atomic E-state index is 0.597. The lowest BCUT2D eigenvalue weighted by Gasteiger charge is -2.03. The Morgan fingerprint density at radius 1 is 0.630 bits per heavy atom. The maximum Gasteiger partial charge on any atom is 0.127 e. The Bertz CT molecular complexity index is 506. The van der Waals surface area contributed by atoms with Gasteiger partial charge in [-0.1, -0.05) is 49.6 Å². The van der Waals surface area contributed by atoms with E-state index in [0.717, 1.165) is 11.5 Å². The van der Waals surface area contributed by atoms with Gasteiger partial charge in [0, 0.05) is 14.2 Å². The van der Waals surface area contributed by atoms with E-state index >= 15 is 0 Å². The molecule has 0 aromatic heterocycles. The fraction of sp³-hybridized carbons (Fsp3) is 0.273. The van der Waals surface area contributed by atoms with Crippen LogP contribution in [-0.4, -0.2) is 40.6 Å². The van der Waals surface area contributed by atoms with Gasteiger partial charge in [-0.2, -0.15) is 0 Å². The molecule has 0 spiro atoms. The molecule has 2 rings (SSSR count). The molecule has 0 aliphatic carbocycles. The van der Waals surface area contributed by atoms with Crippen LogP contribution in [0.25, 0.3) is 0 Å². The molecule has 0 atom stereocenters. The number of rotatable bonds is 10. The molecule has 5 heteroatoms. The summed E-state index contributed by atoms with van der Waals surface area (Å²) in [6.45, 7) is 9.17. The van der Waals surface area contributed by atoms with Gasteiger partial charge in [0.1, 0.15) is 24.7 Å². The molecular formula is C22H30O5. The van der Waals surface area contributed by atoms with E-state index in [1.54, 1.807) is 14.2 Å². The fourth-order valence-corrected chi connectivity index (χ4v) is 1.54. The van der Waals surface area contributed by atoms with Crippen LogP contribution >= 0.6 is 0 Å². The molecule has 27 heavy (non-hydrogen) atoms. The van der Waals surface area contributed by atoms with E-state index < -0.39 is 0 Å². The van der Waals surface area contributed by atoms with E-state index in [1.165, 1.54) is 12.5 Å². The summed E-state index contributed by atoms with van der Waals surface area (Å²) < 4.78 is 24.3. The van der Waals surface area contributed by atoms with Crippen molar-refractivity contribution in [2.45, 2.75) is 0 Å². The normalized spacial score (nSPS) is 8.81. The molecule has 0 saturated carbocycles. The van der Waals surface area contributed by atoms with Crippen LogP contribution in [0.5, 0.6) is 11.5 Å². The second kappa shape index (κ2) is 19.6. The smallest absolute Gasteiger partial charge is 0.127 e. The van der Waals surface area contributed by atoms with Crippen molar-refractivity contribution in [1.29, 1.82) is 0 Å². The lowest BCUT2D eigenvalue weighted by molar-refractivity contribution is 0.124. The first-order chi connectivity index (χ1) is 13.3. The summed E-state index contributed by atoms with van der Waals surface area (Å²) in [5.74, 6) is 1.74. The van der Waals surface area contributed by atoms with E-state index in [1.807, 2.05) is 60.7 Å². The zero-order valence-electron chi connectivity index (χ0n) is 16.2. The Balaban J connectivity index is 0.000000416. The standard InChI is InChI=1S/C12H10O.2C5H10O2/c1-3-7-11(8-4-1)13-12-9-5-2-6-10-12;2*1-3-7-5-4-6-2/h1-10H;2*3H,1,4-5H2,2H3. The highest BCUT2D eigenvalue weighted by atomic mass is 16.5. The number of methoxy groups -OCH3 is 2. The number of hydrogen-bond donors (Lipinski definition) is 0. The van der Waals surface area contributed by atoms with Crippen molar-refractivity contribution in [1.82, 2.24) is 0 Å². The predicted molar refractivity (Wildman–Crippen MR) is 109 cm³/mol. The van der Waals surface area contributed by atoms with E-state index in [4.69, 9.17) is 14.2 Å². The Hall–Kier alpha value is -2.76. The first-order valence-electron chi connectivity index (χ1n) is 8.49. The van der Waals surface area contributed by atoms with Crippen molar-refractivity contribution in [3.8, 4) is 11.5 Å². The molecule has 5 nitrogen and oxygen atoms in total. The van der Waals surface area contributed by atoms with Crippen molar-refractivity contribution in [2.75, 3.05) is 40.6 Å². The number of ether oxygens (including phenoxy) is 5. The van der Waals surface area contributed by atoms with E-state index in [9.17, 15) is 0 Å². The van der Waals surface area contributed by atoms with Crippen LogP contribution in [0.3, 0.4) is 0 Å². The second-order valence-electron chi connectivity index (χ2n) is 4.79. The van der Waals surface area contributed by atoms with Crippen molar-refractivity contribution in [3.05, 3.63) is 86.3 Å². The average molecular weight is 374 g/mol. The number of para-hydroxylation sites is 2. The molecule has 0 aliphatic heterocycles. The van der Waals surface area contributed by atoms with Gasteiger partial charge in [0.05, 0.1) is 25.7 Å². The highest BCUT2D eigenvalue weighted by Crippen LogP contribution is 2.19. The Morgan fingerprint density at radius 2 is 1.00 bits per heavy atom. The van der Waals surface area contributed by atoms with Gasteiger partial charge < -0.3 is 23.7 Å². The molecule has 0 radical (unpaired) electrons. The Morgan fingerprint density at radius 3 is 1.30 bits per heavy atom. The fourth-order valence-electron chi connectivity index (χ4n) is 1.54. The summed E-state index contributed by atoms with van der Waals surface area (Å²) in [5.41, 5.74) is 0. The van der Waals surface area contributed by atoms with Gasteiger partial charge in [-0.25, -0.2) is 0 Å². The summed E-state index contributed by atoms with van der Waals surface area (Å²) in [5, 5.41) is 0. The zero-order chi connectivity index (χ0) is 20.0. The van der Waals surface area contributed by atoms with Crippen LogP contribution in [-0.2, 0) is 18.9 Å². The summed E-state index contributed by atoms with van der Waals surface area (Å²) in [6.07, 6.45) is 2.80. The number of hydrogen-bond acceptors (Lipinski definition) is 5. The molecule has 0 unspecified atom stereocenters. The largest absolute Gasteiger partial charge is 0.499 e. The van der Waals surface area contributed by atoms with Gasteiger partial charge in [-0.15, -0.1) is 0 Å². The maximum absolute atomic E-state index is 5.58. The van der Waals surface area contributed by atoms with Gasteiger partial charge in [-0.05, 0) is 24.3 Å². The molecule has 0 fully saturated rings. The Labute approximate surface area is 162 Å². The first-order valence-corrected chi connectivity index (χ1v) is 8.49. The molecule has 0 N–H and O–H groups in total. The molecule has 2 aromatic carbocycles. The third kappa shape index (κ3) is 16.5. The average Bonchev–Trinajstić information content (AvgIpc) is 2.71. The van der Waals surface area contributed by atoms with Gasteiger partial charge in [-0.3, -0.25) is 0 Å². The molecule has 0 heterocycles. The minimum absolute atomic E-state index is 0.597. The van der Waals surface area contributed by atoms with E-state index in [-0.39, 0.29) is 0 Å². The monoisotopic (exact) mass is 374 g/mol. The molecule has 0 aliphatic rings. The van der Waals surface area contributed by atoms with E-state index in [2.05, 4.69) is 22.6 Å². The quantitative estimate of drug-likeness (QED) is 0.429. The lowest BCUT2D eigenvalue weighted by atomic mass is 10.3. The predicted octanol–water partition coefficient (Wildman–Crippen LogP) is 5.06. The third-order valence-electron chi connectivity index (χ3n) is 2.77. The zero-order valence-corrected chi connectivity index (χ0v) is 16.2. The highest BCUT2D eigenvalue weighted by Gasteiger charge is 1.92. The minimum Gasteiger partial charge on any atom is -0.499 e. The second-order valence-corrected chi connectivity index (χ2v) is 4.79. The molecule has 0 saturated heterocycles. The SMILES string of the molecule is C=COCCOC.C=COCCOC.c1ccc(Oc2ccccc2)cc1. The maximum atomic E-state index is 5.58. The van der Waals surface area contributed by atoms with Crippen molar-refractivity contribution in [2.24, 2.45) is 0 Å². The van der Waals surface area contributed by atoms with E-state index in [0.29, 0.717) is 26.4 Å². The molecule has 0 amide bonds. The van der Waals surface area contributed by atoms with Crippen LogP contribution < -0.4 is 4.74 Å². The van der Waals surface area contributed by atoms with Crippen LogP contribution in [0.2, 0.25) is 0 Å². The van der Waals surface area contributed by atoms with Gasteiger partial charge >= 0.3 is 0 Å².